The third-order valence-electron chi connectivity index (χ3n) is 6.11. The van der Waals surface area contributed by atoms with Crippen molar-refractivity contribution in [3.63, 3.8) is 0 Å². The second kappa shape index (κ2) is 10.4. The molecule has 2 N–H and O–H groups in total. The van der Waals surface area contributed by atoms with Crippen LogP contribution in [0.2, 0.25) is 5.02 Å². The summed E-state index contributed by atoms with van der Waals surface area (Å²) in [7, 11) is 1.89. The van der Waals surface area contributed by atoms with E-state index in [2.05, 4.69) is 25.6 Å². The third-order valence-corrected chi connectivity index (χ3v) is 6.43. The third kappa shape index (κ3) is 5.88. The largest absolute Gasteiger partial charge is 0.416 e. The van der Waals surface area contributed by atoms with Crippen molar-refractivity contribution in [3.8, 4) is 0 Å². The average Bonchev–Trinajstić information content (AvgIpc) is 2.91. The first-order chi connectivity index (χ1) is 18.6. The van der Waals surface area contributed by atoms with Gasteiger partial charge in [-0.2, -0.15) is 18.2 Å². The molecular formula is C27H23ClF3N7O. The lowest BCUT2D eigenvalue weighted by atomic mass is 10.1. The summed E-state index contributed by atoms with van der Waals surface area (Å²) >= 11 is 6.51. The minimum atomic E-state index is -4.54. The zero-order chi connectivity index (χ0) is 27.7. The molecule has 1 aliphatic heterocycles. The summed E-state index contributed by atoms with van der Waals surface area (Å²) in [5.74, 6) is 0.540. The summed E-state index contributed by atoms with van der Waals surface area (Å²) in [5.41, 5.74) is 2.60. The Morgan fingerprint density at radius 2 is 1.82 bits per heavy atom. The van der Waals surface area contributed by atoms with Crippen LogP contribution in [0.15, 0.2) is 67.0 Å². The quantitative estimate of drug-likeness (QED) is 0.301. The summed E-state index contributed by atoms with van der Waals surface area (Å²) in [6.45, 7) is 2.81. The molecule has 3 heterocycles. The molecule has 0 radical (unpaired) electrons. The van der Waals surface area contributed by atoms with E-state index in [0.29, 0.717) is 35.6 Å². The van der Waals surface area contributed by atoms with E-state index < -0.39 is 17.6 Å². The van der Waals surface area contributed by atoms with Gasteiger partial charge in [0, 0.05) is 42.3 Å². The minimum Gasteiger partial charge on any atom is -0.348 e. The van der Waals surface area contributed by atoms with Crippen LogP contribution in [0.5, 0.6) is 0 Å². The number of anilines is 5. The van der Waals surface area contributed by atoms with Crippen LogP contribution in [-0.2, 0) is 12.7 Å². The van der Waals surface area contributed by atoms with E-state index in [1.165, 1.54) is 12.1 Å². The molecule has 5 rings (SSSR count). The SMILES string of the molecule is Cc1ccc(Nc2ncc3c(n2)N(C)CN(c2cc(NC(=O)c4cccc(C(F)(F)F)c4)ccc2Cl)C3)cn1. The van der Waals surface area contributed by atoms with Gasteiger partial charge in [0.1, 0.15) is 5.82 Å². The molecular weight excluding hydrogens is 531 g/mol. The number of carbonyl (C=O) groups excluding carboxylic acids is 1. The molecule has 0 fully saturated rings. The second-order valence-corrected chi connectivity index (χ2v) is 9.50. The monoisotopic (exact) mass is 553 g/mol. The van der Waals surface area contributed by atoms with Gasteiger partial charge in [-0.15, -0.1) is 0 Å². The molecule has 0 atom stereocenters. The van der Waals surface area contributed by atoms with E-state index in [9.17, 15) is 18.0 Å². The predicted octanol–water partition coefficient (Wildman–Crippen LogP) is 6.26. The van der Waals surface area contributed by atoms with Crippen LogP contribution in [0.1, 0.15) is 27.2 Å². The van der Waals surface area contributed by atoms with Crippen molar-refractivity contribution < 1.29 is 18.0 Å². The van der Waals surface area contributed by atoms with Gasteiger partial charge in [0.2, 0.25) is 5.95 Å². The van der Waals surface area contributed by atoms with Crippen molar-refractivity contribution in [2.24, 2.45) is 0 Å². The molecule has 2 aromatic carbocycles. The first-order valence-electron chi connectivity index (χ1n) is 11.9. The molecule has 39 heavy (non-hydrogen) atoms. The molecule has 0 bridgehead atoms. The topological polar surface area (TPSA) is 86.3 Å². The summed E-state index contributed by atoms with van der Waals surface area (Å²) in [5, 5.41) is 6.27. The Balaban J connectivity index is 1.33. The Bertz CT molecular complexity index is 1530. The molecule has 12 heteroatoms. The van der Waals surface area contributed by atoms with Crippen molar-refractivity contribution in [2.45, 2.75) is 19.6 Å². The van der Waals surface area contributed by atoms with Crippen LogP contribution in [0, 0.1) is 6.92 Å². The fourth-order valence-electron chi connectivity index (χ4n) is 4.18. The van der Waals surface area contributed by atoms with Gasteiger partial charge in [0.05, 0.1) is 34.8 Å². The fourth-order valence-corrected chi connectivity index (χ4v) is 4.42. The minimum absolute atomic E-state index is 0.101. The summed E-state index contributed by atoms with van der Waals surface area (Å²) < 4.78 is 39.2. The van der Waals surface area contributed by atoms with E-state index in [4.69, 9.17) is 11.6 Å². The number of rotatable bonds is 5. The summed E-state index contributed by atoms with van der Waals surface area (Å²) in [4.78, 5) is 30.0. The normalized spacial score (nSPS) is 13.2. The molecule has 8 nitrogen and oxygen atoms in total. The van der Waals surface area contributed by atoms with Crippen molar-refractivity contribution in [3.05, 3.63) is 94.4 Å². The Hall–Kier alpha value is -4.38. The number of pyridine rings is 1. The maximum atomic E-state index is 13.1. The average molecular weight is 554 g/mol. The van der Waals surface area contributed by atoms with E-state index in [0.717, 1.165) is 34.9 Å². The smallest absolute Gasteiger partial charge is 0.348 e. The summed E-state index contributed by atoms with van der Waals surface area (Å²) in [6, 6.07) is 13.0. The van der Waals surface area contributed by atoms with E-state index in [1.54, 1.807) is 30.6 Å². The van der Waals surface area contributed by atoms with Crippen LogP contribution in [-0.4, -0.2) is 34.6 Å². The number of halogens is 4. The Morgan fingerprint density at radius 1 is 1.03 bits per heavy atom. The molecule has 4 aromatic rings. The molecule has 0 saturated heterocycles. The van der Waals surface area contributed by atoms with Gasteiger partial charge < -0.3 is 20.4 Å². The molecule has 0 aliphatic carbocycles. The predicted molar refractivity (Wildman–Crippen MR) is 145 cm³/mol. The molecule has 0 unspecified atom stereocenters. The highest BCUT2D eigenvalue weighted by Crippen LogP contribution is 2.35. The number of carbonyl (C=O) groups is 1. The first kappa shape index (κ1) is 26.2. The highest BCUT2D eigenvalue weighted by Gasteiger charge is 2.31. The van der Waals surface area contributed by atoms with E-state index in [1.807, 2.05) is 35.9 Å². The molecule has 0 spiro atoms. The number of nitrogens with one attached hydrogen (secondary N) is 2. The number of fused-ring (bicyclic) bond motifs is 1. The number of amides is 1. The van der Waals surface area contributed by atoms with Crippen molar-refractivity contribution >= 4 is 46.3 Å². The number of benzene rings is 2. The van der Waals surface area contributed by atoms with Gasteiger partial charge in [0.15, 0.2) is 0 Å². The van der Waals surface area contributed by atoms with Crippen molar-refractivity contribution in [2.75, 3.05) is 34.1 Å². The Kier molecular flexibility index (Phi) is 7.00. The molecule has 1 aliphatic rings. The van der Waals surface area contributed by atoms with Crippen molar-refractivity contribution in [1.82, 2.24) is 15.0 Å². The fraction of sp³-hybridized carbons (Fsp3) is 0.185. The second-order valence-electron chi connectivity index (χ2n) is 9.09. The Labute approximate surface area is 227 Å². The highest BCUT2D eigenvalue weighted by atomic mass is 35.5. The lowest BCUT2D eigenvalue weighted by Gasteiger charge is -2.37. The standard InChI is InChI=1S/C27H23ClF3N7O/c1-16-6-7-21(13-32-16)35-26-33-12-18-14-38(15-37(2)24(18)36-26)23-11-20(8-9-22(23)28)34-25(39)17-4-3-5-19(10-17)27(29,30)31/h3-13H,14-15H2,1-2H3,(H,34,39)(H,33,35,36). The van der Waals surface area contributed by atoms with Crippen LogP contribution >= 0.6 is 11.6 Å². The lowest BCUT2D eigenvalue weighted by molar-refractivity contribution is -0.137. The Morgan fingerprint density at radius 3 is 2.56 bits per heavy atom. The maximum absolute atomic E-state index is 13.1. The maximum Gasteiger partial charge on any atom is 0.416 e. The van der Waals surface area contributed by atoms with Crippen LogP contribution in [0.25, 0.3) is 0 Å². The van der Waals surface area contributed by atoms with Crippen LogP contribution in [0.4, 0.5) is 42.0 Å². The lowest BCUT2D eigenvalue weighted by Crippen LogP contribution is -2.41. The number of hydrogen-bond acceptors (Lipinski definition) is 7. The molecule has 1 amide bonds. The van der Waals surface area contributed by atoms with Gasteiger partial charge in [-0.25, -0.2) is 4.98 Å². The van der Waals surface area contributed by atoms with Gasteiger partial charge in [0.25, 0.3) is 5.91 Å². The van der Waals surface area contributed by atoms with Crippen LogP contribution < -0.4 is 20.4 Å². The van der Waals surface area contributed by atoms with Gasteiger partial charge >= 0.3 is 6.18 Å². The molecule has 0 saturated carbocycles. The zero-order valence-electron chi connectivity index (χ0n) is 20.9. The first-order valence-corrected chi connectivity index (χ1v) is 12.2. The summed E-state index contributed by atoms with van der Waals surface area (Å²) in [6.07, 6.45) is -1.09. The zero-order valence-corrected chi connectivity index (χ0v) is 21.7. The van der Waals surface area contributed by atoms with Gasteiger partial charge in [-0.3, -0.25) is 9.78 Å². The van der Waals surface area contributed by atoms with Gasteiger partial charge in [-0.05, 0) is 55.5 Å². The number of aryl methyl sites for hydroxylation is 1. The highest BCUT2D eigenvalue weighted by molar-refractivity contribution is 6.33. The number of alkyl halides is 3. The van der Waals surface area contributed by atoms with Crippen LogP contribution in [0.3, 0.4) is 0 Å². The van der Waals surface area contributed by atoms with Crippen molar-refractivity contribution in [1.29, 1.82) is 0 Å². The number of nitrogens with zero attached hydrogens (tertiary/aromatic N) is 5. The van der Waals surface area contributed by atoms with Gasteiger partial charge in [-0.1, -0.05) is 17.7 Å². The number of aromatic nitrogens is 3. The van der Waals surface area contributed by atoms with E-state index in [-0.39, 0.29) is 5.56 Å². The number of hydrogen-bond donors (Lipinski definition) is 2. The molecule has 200 valence electrons. The van der Waals surface area contributed by atoms with E-state index >= 15 is 0 Å². The molecule has 2 aromatic heterocycles.